The Hall–Kier alpha value is -3.17. The third-order valence-corrected chi connectivity index (χ3v) is 3.60. The predicted molar refractivity (Wildman–Crippen MR) is 97.1 cm³/mol. The maximum absolute atomic E-state index is 11.5. The van der Waals surface area contributed by atoms with Crippen molar-refractivity contribution in [1.29, 1.82) is 0 Å². The van der Waals surface area contributed by atoms with Crippen LogP contribution in [0.5, 0.6) is 17.2 Å². The number of aromatic carboxylic acids is 1. The number of benzene rings is 2. The van der Waals surface area contributed by atoms with Gasteiger partial charge in [-0.2, -0.15) is 0 Å². The van der Waals surface area contributed by atoms with Crippen molar-refractivity contribution in [3.8, 4) is 40.2 Å². The topological polar surface area (TPSA) is 85.2 Å². The second-order valence-electron chi connectivity index (χ2n) is 5.46. The zero-order chi connectivity index (χ0) is 19.3. The van der Waals surface area contributed by atoms with E-state index in [1.54, 1.807) is 18.2 Å². The number of methoxy groups -OCH3 is 3. The molecule has 1 atom stereocenters. The molecule has 0 aliphatic heterocycles. The molecule has 0 amide bonds. The van der Waals surface area contributed by atoms with E-state index in [1.165, 1.54) is 40.4 Å². The van der Waals surface area contributed by atoms with Crippen LogP contribution in [0.2, 0.25) is 0 Å². The summed E-state index contributed by atoms with van der Waals surface area (Å²) < 4.78 is 16.0. The molecule has 0 fully saturated rings. The van der Waals surface area contributed by atoms with Crippen LogP contribution in [-0.4, -0.2) is 43.6 Å². The number of ether oxygens (including phenoxy) is 3. The van der Waals surface area contributed by atoms with Crippen molar-refractivity contribution >= 4 is 5.97 Å². The van der Waals surface area contributed by atoms with Gasteiger partial charge in [0.25, 0.3) is 0 Å². The molecular weight excluding hydrogens is 336 g/mol. The highest BCUT2D eigenvalue weighted by molar-refractivity contribution is 5.90. The van der Waals surface area contributed by atoms with E-state index in [4.69, 9.17) is 14.2 Å². The second kappa shape index (κ2) is 8.28. The Labute approximate surface area is 151 Å². The van der Waals surface area contributed by atoms with Gasteiger partial charge < -0.3 is 24.4 Å². The minimum absolute atomic E-state index is 0.0890. The first-order valence-corrected chi connectivity index (χ1v) is 7.78. The van der Waals surface area contributed by atoms with Crippen LogP contribution in [0.3, 0.4) is 0 Å². The Morgan fingerprint density at radius 2 is 1.54 bits per heavy atom. The van der Waals surface area contributed by atoms with Crippen LogP contribution >= 0.6 is 0 Å². The highest BCUT2D eigenvalue weighted by atomic mass is 16.5. The third-order valence-electron chi connectivity index (χ3n) is 3.60. The van der Waals surface area contributed by atoms with Crippen LogP contribution in [0.15, 0.2) is 30.3 Å². The van der Waals surface area contributed by atoms with Gasteiger partial charge in [0.05, 0.1) is 26.9 Å². The van der Waals surface area contributed by atoms with Gasteiger partial charge in [0, 0.05) is 5.56 Å². The third kappa shape index (κ3) is 4.26. The number of carbonyl (C=O) groups is 1. The van der Waals surface area contributed by atoms with E-state index in [1.807, 2.05) is 0 Å². The lowest BCUT2D eigenvalue weighted by molar-refractivity contribution is 0.0697. The summed E-state index contributed by atoms with van der Waals surface area (Å²) in [6, 6.07) is 8.20. The molecule has 2 aromatic carbocycles. The van der Waals surface area contributed by atoms with E-state index in [2.05, 4.69) is 11.8 Å². The minimum Gasteiger partial charge on any atom is -0.493 e. The normalized spacial score (nSPS) is 11.1. The molecule has 6 heteroatoms. The van der Waals surface area contributed by atoms with Gasteiger partial charge in [0.1, 0.15) is 6.10 Å². The maximum Gasteiger partial charge on any atom is 0.335 e. The van der Waals surface area contributed by atoms with Crippen LogP contribution < -0.4 is 14.2 Å². The quantitative estimate of drug-likeness (QED) is 0.802. The Bertz CT molecular complexity index is 849. The van der Waals surface area contributed by atoms with Gasteiger partial charge in [-0.25, -0.2) is 4.79 Å². The van der Waals surface area contributed by atoms with Gasteiger partial charge >= 0.3 is 5.97 Å². The van der Waals surface area contributed by atoms with Crippen molar-refractivity contribution in [3.63, 3.8) is 0 Å². The van der Waals surface area contributed by atoms with Crippen molar-refractivity contribution in [3.05, 3.63) is 41.5 Å². The number of rotatable bonds is 5. The van der Waals surface area contributed by atoms with Gasteiger partial charge in [-0.05, 0) is 48.4 Å². The molecule has 1 unspecified atom stereocenters. The molecule has 0 saturated heterocycles. The van der Waals surface area contributed by atoms with E-state index in [9.17, 15) is 15.0 Å². The Morgan fingerprint density at radius 3 is 2.00 bits per heavy atom. The average Bonchev–Trinajstić information content (AvgIpc) is 2.64. The Kier molecular flexibility index (Phi) is 6.10. The number of hydrogen-bond donors (Lipinski definition) is 2. The molecule has 6 nitrogen and oxygen atoms in total. The number of carboxylic acids is 1. The highest BCUT2D eigenvalue weighted by Crippen LogP contribution is 2.41. The van der Waals surface area contributed by atoms with Crippen LogP contribution in [-0.2, 0) is 0 Å². The van der Waals surface area contributed by atoms with Crippen LogP contribution in [0.25, 0.3) is 11.1 Å². The summed E-state index contributed by atoms with van der Waals surface area (Å²) in [4.78, 5) is 11.5. The number of aliphatic hydroxyl groups excluding tert-OH is 1. The fraction of sp³-hybridized carbons (Fsp3) is 0.250. The van der Waals surface area contributed by atoms with Crippen LogP contribution in [0.1, 0.15) is 22.8 Å². The van der Waals surface area contributed by atoms with Crippen molar-refractivity contribution in [2.45, 2.75) is 13.0 Å². The van der Waals surface area contributed by atoms with Gasteiger partial charge in [0.15, 0.2) is 11.5 Å². The van der Waals surface area contributed by atoms with E-state index in [0.717, 1.165) is 0 Å². The Balaban J connectivity index is 2.67. The van der Waals surface area contributed by atoms with E-state index in [0.29, 0.717) is 33.9 Å². The molecule has 0 aliphatic carbocycles. The zero-order valence-corrected chi connectivity index (χ0v) is 15.0. The highest BCUT2D eigenvalue weighted by Gasteiger charge is 2.15. The molecule has 0 spiro atoms. The molecule has 136 valence electrons. The second-order valence-corrected chi connectivity index (χ2v) is 5.46. The first-order chi connectivity index (χ1) is 12.4. The van der Waals surface area contributed by atoms with E-state index < -0.39 is 12.1 Å². The monoisotopic (exact) mass is 356 g/mol. The van der Waals surface area contributed by atoms with E-state index in [-0.39, 0.29) is 5.56 Å². The van der Waals surface area contributed by atoms with Crippen LogP contribution in [0.4, 0.5) is 0 Å². The first kappa shape index (κ1) is 19.2. The van der Waals surface area contributed by atoms with E-state index >= 15 is 0 Å². The van der Waals surface area contributed by atoms with Crippen molar-refractivity contribution in [2.24, 2.45) is 0 Å². The molecule has 0 bridgehead atoms. The lowest BCUT2D eigenvalue weighted by Crippen LogP contribution is -1.99. The van der Waals surface area contributed by atoms with Crippen molar-refractivity contribution in [1.82, 2.24) is 0 Å². The number of aliphatic hydroxyl groups is 1. The molecule has 0 heterocycles. The molecule has 0 aliphatic rings. The fourth-order valence-corrected chi connectivity index (χ4v) is 2.43. The molecular formula is C20H20O6. The van der Waals surface area contributed by atoms with Crippen molar-refractivity contribution in [2.75, 3.05) is 21.3 Å². The molecule has 2 N–H and O–H groups in total. The van der Waals surface area contributed by atoms with Crippen LogP contribution in [0, 0.1) is 11.8 Å². The summed E-state index contributed by atoms with van der Waals surface area (Å²) in [6.07, 6.45) is -0.812. The number of hydrogen-bond acceptors (Lipinski definition) is 5. The largest absolute Gasteiger partial charge is 0.493 e. The SMILES string of the molecule is COc1cc(-c2cc(C#CC(C)O)cc(C(=O)O)c2)cc(OC)c1OC. The average molecular weight is 356 g/mol. The summed E-state index contributed by atoms with van der Waals surface area (Å²) in [5.74, 6) is 5.68. The smallest absolute Gasteiger partial charge is 0.335 e. The standard InChI is InChI=1S/C20H20O6/c1-12(21)5-6-13-7-14(9-16(8-13)20(22)23)15-10-17(24-2)19(26-4)18(11-15)25-3/h7-12,21H,1-4H3,(H,22,23). The molecule has 2 aromatic rings. The van der Waals surface area contributed by atoms with Gasteiger partial charge in [-0.3, -0.25) is 0 Å². The number of carboxylic acid groups (broad SMARTS) is 1. The van der Waals surface area contributed by atoms with Gasteiger partial charge in [0.2, 0.25) is 5.75 Å². The summed E-state index contributed by atoms with van der Waals surface area (Å²) in [7, 11) is 4.53. The van der Waals surface area contributed by atoms with Crippen molar-refractivity contribution < 1.29 is 29.2 Å². The molecule has 0 radical (unpaired) electrons. The maximum atomic E-state index is 11.5. The lowest BCUT2D eigenvalue weighted by atomic mass is 9.99. The molecule has 0 saturated carbocycles. The van der Waals surface area contributed by atoms with Gasteiger partial charge in [-0.15, -0.1) is 0 Å². The first-order valence-electron chi connectivity index (χ1n) is 7.78. The lowest BCUT2D eigenvalue weighted by Gasteiger charge is -2.14. The predicted octanol–water partition coefficient (Wildman–Crippen LogP) is 2.81. The summed E-state index contributed by atoms with van der Waals surface area (Å²) >= 11 is 0. The summed E-state index contributed by atoms with van der Waals surface area (Å²) in [5.41, 5.74) is 1.88. The molecule has 2 rings (SSSR count). The zero-order valence-electron chi connectivity index (χ0n) is 15.0. The fourth-order valence-electron chi connectivity index (χ4n) is 2.43. The molecule has 26 heavy (non-hydrogen) atoms. The molecule has 0 aromatic heterocycles. The minimum atomic E-state index is -1.07. The van der Waals surface area contributed by atoms with Gasteiger partial charge in [-0.1, -0.05) is 11.8 Å². The summed E-state index contributed by atoms with van der Waals surface area (Å²) in [5, 5.41) is 18.7. The Morgan fingerprint density at radius 1 is 0.962 bits per heavy atom. The summed E-state index contributed by atoms with van der Waals surface area (Å²) in [6.45, 7) is 1.54.